The number of aromatic nitrogens is 2. The molecule has 3 aromatic rings. The SMILES string of the molecule is CN(C)C1(c2ccc(C#Cc3ccc4nn(CCC(C)(C(=O)NO)S(C)(=O)=O)cc4c3)cc2)COC1. The summed E-state index contributed by atoms with van der Waals surface area (Å²) in [7, 11) is 0.350. The number of ether oxygens (including phenoxy) is 1. The molecule has 2 heterocycles. The number of rotatable bonds is 7. The topological polar surface area (TPSA) is 114 Å². The zero-order chi connectivity index (χ0) is 26.1. The van der Waals surface area contributed by atoms with Crippen molar-refractivity contribution >= 4 is 26.6 Å². The summed E-state index contributed by atoms with van der Waals surface area (Å²) in [6.45, 7) is 2.83. The van der Waals surface area contributed by atoms with Crippen molar-refractivity contribution in [1.29, 1.82) is 0 Å². The summed E-state index contributed by atoms with van der Waals surface area (Å²) >= 11 is 0. The lowest BCUT2D eigenvalue weighted by Gasteiger charge is -2.47. The van der Waals surface area contributed by atoms with E-state index in [4.69, 9.17) is 9.94 Å². The maximum Gasteiger partial charge on any atom is 0.264 e. The molecule has 1 atom stereocenters. The molecule has 1 aliphatic heterocycles. The summed E-state index contributed by atoms with van der Waals surface area (Å²) in [5, 5.41) is 14.3. The van der Waals surface area contributed by atoms with E-state index in [1.807, 2.05) is 30.3 Å². The molecule has 10 heteroatoms. The molecule has 0 aliphatic carbocycles. The molecule has 1 aliphatic rings. The second-order valence-electron chi connectivity index (χ2n) is 9.61. The van der Waals surface area contributed by atoms with Crippen LogP contribution in [-0.4, -0.2) is 72.5 Å². The summed E-state index contributed by atoms with van der Waals surface area (Å²) in [5.41, 5.74) is 5.06. The first-order chi connectivity index (χ1) is 17.0. The fourth-order valence-electron chi connectivity index (χ4n) is 4.17. The van der Waals surface area contributed by atoms with Crippen LogP contribution >= 0.6 is 0 Å². The van der Waals surface area contributed by atoms with E-state index in [9.17, 15) is 13.2 Å². The lowest BCUT2D eigenvalue weighted by Crippen LogP contribution is -2.56. The number of carbonyl (C=O) groups is 1. The number of likely N-dealkylation sites (N-methyl/N-ethyl adjacent to an activating group) is 1. The van der Waals surface area contributed by atoms with Crippen molar-refractivity contribution in [1.82, 2.24) is 20.2 Å². The molecule has 1 unspecified atom stereocenters. The summed E-state index contributed by atoms with van der Waals surface area (Å²) in [6, 6.07) is 13.9. The number of hydrogen-bond donors (Lipinski definition) is 2. The van der Waals surface area contributed by atoms with E-state index >= 15 is 0 Å². The Kier molecular flexibility index (Phi) is 6.94. The summed E-state index contributed by atoms with van der Waals surface area (Å²) < 4.78 is 29.6. The van der Waals surface area contributed by atoms with Crippen molar-refractivity contribution in [3.8, 4) is 11.8 Å². The molecule has 0 saturated carbocycles. The van der Waals surface area contributed by atoms with Gasteiger partial charge in [-0.15, -0.1) is 0 Å². The highest BCUT2D eigenvalue weighted by Gasteiger charge is 2.43. The van der Waals surface area contributed by atoms with Gasteiger partial charge in [-0.3, -0.25) is 19.6 Å². The molecule has 36 heavy (non-hydrogen) atoms. The average molecular weight is 511 g/mol. The number of aryl methyl sites for hydroxylation is 1. The van der Waals surface area contributed by atoms with Crippen molar-refractivity contribution in [3.63, 3.8) is 0 Å². The normalized spacial score (nSPS) is 16.6. The molecule has 1 saturated heterocycles. The molecule has 2 N–H and O–H groups in total. The van der Waals surface area contributed by atoms with Gasteiger partial charge >= 0.3 is 0 Å². The van der Waals surface area contributed by atoms with Crippen LogP contribution in [0.5, 0.6) is 0 Å². The van der Waals surface area contributed by atoms with Gasteiger partial charge in [0.1, 0.15) is 0 Å². The van der Waals surface area contributed by atoms with E-state index in [0.717, 1.165) is 28.3 Å². The highest BCUT2D eigenvalue weighted by atomic mass is 32.2. The van der Waals surface area contributed by atoms with Crippen molar-refractivity contribution < 1.29 is 23.2 Å². The van der Waals surface area contributed by atoms with E-state index in [1.165, 1.54) is 18.0 Å². The first kappa shape index (κ1) is 25.9. The number of fused-ring (bicyclic) bond motifs is 1. The number of benzene rings is 2. The molecule has 2 aromatic carbocycles. The van der Waals surface area contributed by atoms with Gasteiger partial charge in [0.05, 0.1) is 24.3 Å². The third-order valence-corrected chi connectivity index (χ3v) is 9.11. The van der Waals surface area contributed by atoms with Crippen LogP contribution in [0.15, 0.2) is 48.7 Å². The number of nitrogens with one attached hydrogen (secondary N) is 1. The fourth-order valence-corrected chi connectivity index (χ4v) is 5.01. The third kappa shape index (κ3) is 4.75. The zero-order valence-corrected chi connectivity index (χ0v) is 21.6. The Labute approximate surface area is 210 Å². The largest absolute Gasteiger partial charge is 0.377 e. The monoisotopic (exact) mass is 510 g/mol. The van der Waals surface area contributed by atoms with Gasteiger partial charge in [0, 0.05) is 35.5 Å². The highest BCUT2D eigenvalue weighted by molar-refractivity contribution is 7.92. The Morgan fingerprint density at radius 3 is 2.39 bits per heavy atom. The van der Waals surface area contributed by atoms with Crippen molar-refractivity contribution in [3.05, 3.63) is 65.4 Å². The predicted molar refractivity (Wildman–Crippen MR) is 136 cm³/mol. The number of nitrogens with zero attached hydrogens (tertiary/aromatic N) is 3. The molecular formula is C26H30N4O5S. The second-order valence-corrected chi connectivity index (χ2v) is 12.1. The number of carbonyl (C=O) groups excluding carboxylic acids is 1. The molecule has 4 rings (SSSR count). The molecule has 1 aromatic heterocycles. The van der Waals surface area contributed by atoms with E-state index in [0.29, 0.717) is 13.2 Å². The van der Waals surface area contributed by atoms with Crippen LogP contribution < -0.4 is 5.48 Å². The van der Waals surface area contributed by atoms with Crippen molar-refractivity contribution in [2.24, 2.45) is 0 Å². The number of hydrogen-bond acceptors (Lipinski definition) is 7. The van der Waals surface area contributed by atoms with Gasteiger partial charge in [-0.05, 0) is 63.3 Å². The van der Waals surface area contributed by atoms with Crippen molar-refractivity contribution in [2.45, 2.75) is 30.2 Å². The maximum absolute atomic E-state index is 12.2. The molecule has 9 nitrogen and oxygen atoms in total. The minimum atomic E-state index is -3.77. The second kappa shape index (κ2) is 9.67. The van der Waals surface area contributed by atoms with Crippen LogP contribution in [0.4, 0.5) is 0 Å². The number of hydroxylamine groups is 1. The van der Waals surface area contributed by atoms with Crippen LogP contribution in [0, 0.1) is 11.8 Å². The van der Waals surface area contributed by atoms with Crippen LogP contribution in [0.25, 0.3) is 10.9 Å². The minimum absolute atomic E-state index is 0.0455. The maximum atomic E-state index is 12.2. The molecular weight excluding hydrogens is 480 g/mol. The van der Waals surface area contributed by atoms with Gasteiger partial charge in [0.2, 0.25) is 0 Å². The Bertz CT molecular complexity index is 1450. The standard InChI is InChI=1S/C26H30N4O5S/c1-25(24(31)28-32,36(4,33)34)13-14-30-16-21-15-20(9-12-23(21)27-30)6-5-19-7-10-22(11-8-19)26(29(2)3)17-35-18-26/h7-12,15-16,32H,13-14,17-18H2,1-4H3,(H,28,31). The van der Waals surface area contributed by atoms with Crippen molar-refractivity contribution in [2.75, 3.05) is 33.6 Å². The van der Waals surface area contributed by atoms with Gasteiger partial charge in [-0.1, -0.05) is 24.0 Å². The number of amides is 1. The molecule has 0 spiro atoms. The fraction of sp³-hybridized carbons (Fsp3) is 0.385. The lowest BCUT2D eigenvalue weighted by atomic mass is 9.86. The molecule has 1 fully saturated rings. The molecule has 0 bridgehead atoms. The van der Waals surface area contributed by atoms with E-state index < -0.39 is 20.5 Å². The molecule has 0 radical (unpaired) electrons. The quantitative estimate of drug-likeness (QED) is 0.284. The average Bonchev–Trinajstić information content (AvgIpc) is 3.22. The first-order valence-electron chi connectivity index (χ1n) is 11.5. The van der Waals surface area contributed by atoms with E-state index in [2.05, 4.69) is 48.1 Å². The lowest BCUT2D eigenvalue weighted by molar-refractivity contribution is -0.131. The number of sulfone groups is 1. The molecule has 1 amide bonds. The summed E-state index contributed by atoms with van der Waals surface area (Å²) in [4.78, 5) is 14.2. The van der Waals surface area contributed by atoms with Gasteiger partial charge in [-0.2, -0.15) is 5.10 Å². The van der Waals surface area contributed by atoms with Gasteiger partial charge < -0.3 is 4.74 Å². The van der Waals surface area contributed by atoms with Gasteiger partial charge in [0.25, 0.3) is 5.91 Å². The van der Waals surface area contributed by atoms with Crippen LogP contribution in [0.1, 0.15) is 30.0 Å². The van der Waals surface area contributed by atoms with Crippen LogP contribution in [0.2, 0.25) is 0 Å². The van der Waals surface area contributed by atoms with Crippen LogP contribution in [-0.2, 0) is 31.5 Å². The predicted octanol–water partition coefficient (Wildman–Crippen LogP) is 1.92. The Morgan fingerprint density at radius 2 is 1.83 bits per heavy atom. The summed E-state index contributed by atoms with van der Waals surface area (Å²) in [5.74, 6) is 5.42. The Balaban J connectivity index is 1.49. The summed E-state index contributed by atoms with van der Waals surface area (Å²) in [6.07, 6.45) is 2.72. The van der Waals surface area contributed by atoms with Gasteiger partial charge in [-0.25, -0.2) is 13.9 Å². The third-order valence-electron chi connectivity index (χ3n) is 7.08. The van der Waals surface area contributed by atoms with E-state index in [-0.39, 0.29) is 18.5 Å². The van der Waals surface area contributed by atoms with Gasteiger partial charge in [0.15, 0.2) is 14.6 Å². The zero-order valence-electron chi connectivity index (χ0n) is 20.8. The smallest absolute Gasteiger partial charge is 0.264 e. The molecule has 190 valence electrons. The highest BCUT2D eigenvalue weighted by Crippen LogP contribution is 2.34. The van der Waals surface area contributed by atoms with E-state index in [1.54, 1.807) is 10.9 Å². The first-order valence-corrected chi connectivity index (χ1v) is 13.4. The Morgan fingerprint density at radius 1 is 1.19 bits per heavy atom. The minimum Gasteiger partial charge on any atom is -0.377 e. The van der Waals surface area contributed by atoms with Crippen LogP contribution in [0.3, 0.4) is 0 Å². The Hall–Kier alpha value is -3.23.